The average Bonchev–Trinajstić information content (AvgIpc) is 2.67. The molecule has 3 nitrogen and oxygen atoms in total. The minimum Gasteiger partial charge on any atom is -0.468 e. The van der Waals surface area contributed by atoms with Crippen LogP contribution in [0.2, 0.25) is 0 Å². The number of benzene rings is 1. The summed E-state index contributed by atoms with van der Waals surface area (Å²) in [6.45, 7) is 3.88. The Bertz CT molecular complexity index is 394. The van der Waals surface area contributed by atoms with E-state index in [0.29, 0.717) is 13.2 Å². The first-order valence-corrected chi connectivity index (χ1v) is 5.78. The Morgan fingerprint density at radius 2 is 2.13 bits per heavy atom. The van der Waals surface area contributed by atoms with Gasteiger partial charge in [0.15, 0.2) is 0 Å². The van der Waals surface area contributed by atoms with Crippen LogP contribution in [-0.4, -0.2) is 24.8 Å². The van der Waals surface area contributed by atoms with Crippen molar-refractivity contribution in [2.24, 2.45) is 0 Å². The van der Waals surface area contributed by atoms with Crippen molar-refractivity contribution in [3.8, 4) is 5.19 Å². The maximum atomic E-state index is 5.48. The van der Waals surface area contributed by atoms with E-state index in [1.54, 1.807) is 11.3 Å². The topological polar surface area (TPSA) is 31.4 Å². The number of rotatable bonds is 5. The Balaban J connectivity index is 1.97. The second-order valence-corrected chi connectivity index (χ2v) is 3.99. The van der Waals surface area contributed by atoms with E-state index in [-0.39, 0.29) is 0 Å². The van der Waals surface area contributed by atoms with Gasteiger partial charge in [0.1, 0.15) is 6.61 Å². The molecule has 2 aromatic rings. The second-order valence-electron chi connectivity index (χ2n) is 2.99. The molecule has 0 aliphatic rings. The molecule has 0 saturated carbocycles. The van der Waals surface area contributed by atoms with E-state index in [4.69, 9.17) is 9.47 Å². The monoisotopic (exact) mass is 223 g/mol. The Labute approximate surface area is 92.7 Å². The Morgan fingerprint density at radius 1 is 1.27 bits per heavy atom. The number of ether oxygens (including phenoxy) is 2. The van der Waals surface area contributed by atoms with E-state index >= 15 is 0 Å². The van der Waals surface area contributed by atoms with E-state index in [1.165, 1.54) is 0 Å². The SMILES string of the molecule is CCOCCOc1nc2ccccc2s1. The van der Waals surface area contributed by atoms with Crippen molar-refractivity contribution in [2.75, 3.05) is 19.8 Å². The largest absolute Gasteiger partial charge is 0.468 e. The molecule has 2 rings (SSSR count). The number of nitrogens with zero attached hydrogens (tertiary/aromatic N) is 1. The maximum Gasteiger partial charge on any atom is 0.274 e. The molecule has 0 N–H and O–H groups in total. The lowest BCUT2D eigenvalue weighted by molar-refractivity contribution is 0.110. The quantitative estimate of drug-likeness (QED) is 0.730. The third-order valence-electron chi connectivity index (χ3n) is 1.93. The summed E-state index contributed by atoms with van der Waals surface area (Å²) in [5, 5.41) is 0.718. The third kappa shape index (κ3) is 2.67. The highest BCUT2D eigenvalue weighted by atomic mass is 32.1. The van der Waals surface area contributed by atoms with Crippen molar-refractivity contribution >= 4 is 21.6 Å². The van der Waals surface area contributed by atoms with Crippen LogP contribution < -0.4 is 4.74 Å². The van der Waals surface area contributed by atoms with Gasteiger partial charge in [0, 0.05) is 6.61 Å². The van der Waals surface area contributed by atoms with Gasteiger partial charge >= 0.3 is 0 Å². The van der Waals surface area contributed by atoms with Gasteiger partial charge in [-0.2, -0.15) is 0 Å². The first-order chi connectivity index (χ1) is 7.40. The highest BCUT2D eigenvalue weighted by molar-refractivity contribution is 7.20. The zero-order valence-electron chi connectivity index (χ0n) is 8.60. The Kier molecular flexibility index (Phi) is 3.53. The molecular formula is C11H13NO2S. The van der Waals surface area contributed by atoms with Crippen molar-refractivity contribution in [1.29, 1.82) is 0 Å². The number of hydrogen-bond donors (Lipinski definition) is 0. The first-order valence-electron chi connectivity index (χ1n) is 4.96. The predicted molar refractivity (Wildman–Crippen MR) is 61.6 cm³/mol. The maximum absolute atomic E-state index is 5.48. The lowest BCUT2D eigenvalue weighted by Crippen LogP contribution is -2.05. The van der Waals surface area contributed by atoms with Gasteiger partial charge in [0.25, 0.3) is 5.19 Å². The van der Waals surface area contributed by atoms with Crippen LogP contribution in [0, 0.1) is 0 Å². The van der Waals surface area contributed by atoms with Crippen LogP contribution in [0.1, 0.15) is 6.92 Å². The van der Waals surface area contributed by atoms with Crippen molar-refractivity contribution in [1.82, 2.24) is 4.98 Å². The molecule has 0 aliphatic carbocycles. The van der Waals surface area contributed by atoms with Crippen LogP contribution in [0.4, 0.5) is 0 Å². The molecule has 80 valence electrons. The normalized spacial score (nSPS) is 10.7. The van der Waals surface area contributed by atoms with Gasteiger partial charge in [-0.05, 0) is 19.1 Å². The molecule has 4 heteroatoms. The summed E-state index contributed by atoms with van der Waals surface area (Å²) in [5.74, 6) is 0. The lowest BCUT2D eigenvalue weighted by Gasteiger charge is -2.01. The van der Waals surface area contributed by atoms with Crippen LogP contribution >= 0.6 is 11.3 Å². The smallest absolute Gasteiger partial charge is 0.274 e. The third-order valence-corrected chi connectivity index (χ3v) is 2.88. The zero-order valence-corrected chi connectivity index (χ0v) is 9.42. The number of para-hydroxylation sites is 1. The van der Waals surface area contributed by atoms with E-state index < -0.39 is 0 Å². The fraction of sp³-hybridized carbons (Fsp3) is 0.364. The molecular weight excluding hydrogens is 210 g/mol. The van der Waals surface area contributed by atoms with E-state index in [9.17, 15) is 0 Å². The highest BCUT2D eigenvalue weighted by Crippen LogP contribution is 2.26. The summed E-state index contributed by atoms with van der Waals surface area (Å²) in [7, 11) is 0. The molecule has 0 spiro atoms. The zero-order chi connectivity index (χ0) is 10.5. The Hall–Kier alpha value is -1.13. The second kappa shape index (κ2) is 5.09. The van der Waals surface area contributed by atoms with Gasteiger partial charge in [-0.25, -0.2) is 4.98 Å². The molecule has 0 aliphatic heterocycles. The van der Waals surface area contributed by atoms with E-state index in [2.05, 4.69) is 4.98 Å². The van der Waals surface area contributed by atoms with Gasteiger partial charge in [0.05, 0.1) is 16.8 Å². The summed E-state index contributed by atoms with van der Waals surface area (Å²) in [4.78, 5) is 4.35. The van der Waals surface area contributed by atoms with E-state index in [1.807, 2.05) is 31.2 Å². The summed E-state index contributed by atoms with van der Waals surface area (Å²) in [6, 6.07) is 8.01. The summed E-state index contributed by atoms with van der Waals surface area (Å²) < 4.78 is 11.8. The van der Waals surface area contributed by atoms with Gasteiger partial charge in [0.2, 0.25) is 0 Å². The van der Waals surface area contributed by atoms with Gasteiger partial charge in [-0.3, -0.25) is 0 Å². The molecule has 0 bridgehead atoms. The molecule has 1 aromatic carbocycles. The molecule has 1 aromatic heterocycles. The fourth-order valence-electron chi connectivity index (χ4n) is 1.25. The molecule has 0 fully saturated rings. The molecule has 15 heavy (non-hydrogen) atoms. The van der Waals surface area contributed by atoms with Crippen LogP contribution in [0.15, 0.2) is 24.3 Å². The highest BCUT2D eigenvalue weighted by Gasteiger charge is 2.02. The minimum absolute atomic E-state index is 0.563. The van der Waals surface area contributed by atoms with Crippen molar-refractivity contribution in [3.05, 3.63) is 24.3 Å². The number of hydrogen-bond acceptors (Lipinski definition) is 4. The Morgan fingerprint density at radius 3 is 2.93 bits per heavy atom. The fourth-order valence-corrected chi connectivity index (χ4v) is 2.08. The van der Waals surface area contributed by atoms with Crippen LogP contribution in [0.5, 0.6) is 5.19 Å². The van der Waals surface area contributed by atoms with E-state index in [0.717, 1.165) is 22.0 Å². The standard InChI is InChI=1S/C11H13NO2S/c1-2-13-7-8-14-11-12-9-5-3-4-6-10(9)15-11/h3-6H,2,7-8H2,1H3. The predicted octanol–water partition coefficient (Wildman–Crippen LogP) is 2.71. The lowest BCUT2D eigenvalue weighted by atomic mass is 10.3. The summed E-state index contributed by atoms with van der Waals surface area (Å²) in [5.41, 5.74) is 0.994. The summed E-state index contributed by atoms with van der Waals surface area (Å²) >= 11 is 1.57. The van der Waals surface area contributed by atoms with Gasteiger partial charge in [-0.15, -0.1) is 0 Å². The molecule has 0 atom stereocenters. The molecule has 1 heterocycles. The average molecular weight is 223 g/mol. The van der Waals surface area contributed by atoms with Crippen LogP contribution in [-0.2, 0) is 4.74 Å². The summed E-state index contributed by atoms with van der Waals surface area (Å²) in [6.07, 6.45) is 0. The molecule has 0 saturated heterocycles. The van der Waals surface area contributed by atoms with Crippen molar-refractivity contribution < 1.29 is 9.47 Å². The first kappa shape index (κ1) is 10.4. The van der Waals surface area contributed by atoms with Crippen molar-refractivity contribution in [2.45, 2.75) is 6.92 Å². The van der Waals surface area contributed by atoms with Gasteiger partial charge in [-0.1, -0.05) is 23.5 Å². The van der Waals surface area contributed by atoms with Crippen LogP contribution in [0.3, 0.4) is 0 Å². The van der Waals surface area contributed by atoms with Crippen molar-refractivity contribution in [3.63, 3.8) is 0 Å². The van der Waals surface area contributed by atoms with Gasteiger partial charge < -0.3 is 9.47 Å². The molecule has 0 unspecified atom stereocenters. The number of aromatic nitrogens is 1. The molecule has 0 amide bonds. The molecule has 0 radical (unpaired) electrons. The van der Waals surface area contributed by atoms with Crippen LogP contribution in [0.25, 0.3) is 10.2 Å². The number of fused-ring (bicyclic) bond motifs is 1. The minimum atomic E-state index is 0.563. The number of thiazole rings is 1.